The highest BCUT2D eigenvalue weighted by Gasteiger charge is 2.23. The number of nitrogens with one attached hydrogen (secondary N) is 1. The van der Waals surface area contributed by atoms with Gasteiger partial charge < -0.3 is 29.5 Å². The molecular weight excluding hydrogens is 506 g/mol. The van der Waals surface area contributed by atoms with Crippen LogP contribution in [0.15, 0.2) is 61.4 Å². The van der Waals surface area contributed by atoms with Crippen molar-refractivity contribution in [2.75, 3.05) is 68.1 Å². The molecule has 0 unspecified atom stereocenters. The van der Waals surface area contributed by atoms with Crippen LogP contribution in [0.5, 0.6) is 11.6 Å². The number of rotatable bonds is 9. The van der Waals surface area contributed by atoms with E-state index in [9.17, 15) is 4.79 Å². The molecule has 2 aliphatic heterocycles. The molecule has 10 heteroatoms. The summed E-state index contributed by atoms with van der Waals surface area (Å²) in [6.45, 7) is 12.3. The van der Waals surface area contributed by atoms with E-state index in [-0.39, 0.29) is 11.8 Å². The molecule has 10 nitrogen and oxygen atoms in total. The standard InChI is InChI=1S/C30H37N7O3/c1-4-28(38)35(3)24-7-6-8-25(19-24)40-29-26(22-11-17-39-18-12-22)21-32-30(34-29)33-23-9-10-27(31-20-23)37-15-13-36(5-2)14-16-37/h4,6-10,19-22H,1,5,11-18H2,2-3H3,(H,32,33,34). The number of anilines is 4. The lowest BCUT2D eigenvalue weighted by Gasteiger charge is -2.34. The lowest BCUT2D eigenvalue weighted by atomic mass is 9.93. The summed E-state index contributed by atoms with van der Waals surface area (Å²) >= 11 is 0. The van der Waals surface area contributed by atoms with E-state index in [1.165, 1.54) is 11.0 Å². The molecule has 4 heterocycles. The normalized spacial score (nSPS) is 16.4. The molecule has 0 bridgehead atoms. The van der Waals surface area contributed by atoms with E-state index in [0.29, 0.717) is 36.5 Å². The molecule has 2 saturated heterocycles. The Balaban J connectivity index is 1.35. The van der Waals surface area contributed by atoms with Gasteiger partial charge >= 0.3 is 0 Å². The first-order valence-corrected chi connectivity index (χ1v) is 13.9. The van der Waals surface area contributed by atoms with E-state index in [1.807, 2.05) is 48.8 Å². The molecule has 0 spiro atoms. The van der Waals surface area contributed by atoms with Crippen LogP contribution in [0.25, 0.3) is 0 Å². The summed E-state index contributed by atoms with van der Waals surface area (Å²) in [7, 11) is 1.70. The Kier molecular flexibility index (Phi) is 8.87. The molecule has 1 N–H and O–H groups in total. The van der Waals surface area contributed by atoms with Gasteiger partial charge in [-0.15, -0.1) is 0 Å². The van der Waals surface area contributed by atoms with Gasteiger partial charge in [-0.25, -0.2) is 9.97 Å². The van der Waals surface area contributed by atoms with Crippen molar-refractivity contribution in [2.45, 2.75) is 25.7 Å². The number of amides is 1. The second-order valence-electron chi connectivity index (χ2n) is 9.99. The number of aromatic nitrogens is 3. The number of pyridine rings is 1. The van der Waals surface area contributed by atoms with Crippen LogP contribution in [0.1, 0.15) is 31.2 Å². The molecule has 1 amide bonds. The average molecular weight is 544 g/mol. The van der Waals surface area contributed by atoms with Crippen LogP contribution in [-0.2, 0) is 9.53 Å². The van der Waals surface area contributed by atoms with Crippen LogP contribution >= 0.6 is 0 Å². The molecule has 0 saturated carbocycles. The second kappa shape index (κ2) is 12.9. The number of likely N-dealkylation sites (N-methyl/N-ethyl adjacent to an activating group) is 2. The van der Waals surface area contributed by atoms with Crippen LogP contribution in [-0.4, -0.2) is 78.7 Å². The number of carbonyl (C=O) groups is 1. The van der Waals surface area contributed by atoms with Crippen LogP contribution in [0.3, 0.4) is 0 Å². The zero-order chi connectivity index (χ0) is 27.9. The first-order chi connectivity index (χ1) is 19.5. The zero-order valence-corrected chi connectivity index (χ0v) is 23.3. The summed E-state index contributed by atoms with van der Waals surface area (Å²) < 4.78 is 11.9. The summed E-state index contributed by atoms with van der Waals surface area (Å²) in [4.78, 5) is 32.5. The molecule has 0 aliphatic carbocycles. The second-order valence-corrected chi connectivity index (χ2v) is 9.99. The van der Waals surface area contributed by atoms with Gasteiger partial charge in [0.2, 0.25) is 17.7 Å². The van der Waals surface area contributed by atoms with E-state index in [1.54, 1.807) is 7.05 Å². The summed E-state index contributed by atoms with van der Waals surface area (Å²) in [6, 6.07) is 11.4. The van der Waals surface area contributed by atoms with Gasteiger partial charge in [0.05, 0.1) is 11.9 Å². The highest BCUT2D eigenvalue weighted by atomic mass is 16.5. The summed E-state index contributed by atoms with van der Waals surface area (Å²) in [6.07, 6.45) is 6.69. The van der Waals surface area contributed by atoms with Crippen molar-refractivity contribution in [3.05, 3.63) is 67.0 Å². The Bertz CT molecular complexity index is 1300. The molecule has 2 aromatic heterocycles. The molecular formula is C30H37N7O3. The SMILES string of the molecule is C=CC(=O)N(C)c1cccc(Oc2nc(Nc3ccc(N4CCN(CC)CC4)nc3)ncc2C2CCOCC2)c1. The van der Waals surface area contributed by atoms with E-state index in [4.69, 9.17) is 14.5 Å². The monoisotopic (exact) mass is 543 g/mol. The number of nitrogens with zero attached hydrogens (tertiary/aromatic N) is 6. The molecule has 5 rings (SSSR count). The lowest BCUT2D eigenvalue weighted by Crippen LogP contribution is -2.46. The van der Waals surface area contributed by atoms with Gasteiger partial charge in [-0.3, -0.25) is 4.79 Å². The molecule has 0 radical (unpaired) electrons. The quantitative estimate of drug-likeness (QED) is 0.389. The summed E-state index contributed by atoms with van der Waals surface area (Å²) in [5.74, 6) is 2.50. The van der Waals surface area contributed by atoms with Gasteiger partial charge in [-0.05, 0) is 55.6 Å². The molecule has 0 atom stereocenters. The Hall–Kier alpha value is -4.02. The van der Waals surface area contributed by atoms with Crippen LogP contribution in [0, 0.1) is 0 Å². The molecule has 40 heavy (non-hydrogen) atoms. The minimum Gasteiger partial charge on any atom is -0.438 e. The van der Waals surface area contributed by atoms with E-state index in [2.05, 4.69) is 38.6 Å². The number of carbonyl (C=O) groups excluding carboxylic acids is 1. The van der Waals surface area contributed by atoms with Crippen molar-refractivity contribution in [3.63, 3.8) is 0 Å². The first-order valence-electron chi connectivity index (χ1n) is 13.9. The van der Waals surface area contributed by atoms with E-state index >= 15 is 0 Å². The van der Waals surface area contributed by atoms with Crippen LogP contribution in [0.4, 0.5) is 23.1 Å². The molecule has 1 aromatic carbocycles. The Morgan fingerprint density at radius 2 is 1.95 bits per heavy atom. The maximum Gasteiger partial charge on any atom is 0.250 e. The van der Waals surface area contributed by atoms with Gasteiger partial charge in [0.1, 0.15) is 11.6 Å². The summed E-state index contributed by atoms with van der Waals surface area (Å²) in [5, 5.41) is 3.28. The average Bonchev–Trinajstić information content (AvgIpc) is 3.01. The Labute approximate surface area is 235 Å². The Morgan fingerprint density at radius 3 is 2.65 bits per heavy atom. The predicted molar refractivity (Wildman–Crippen MR) is 157 cm³/mol. The van der Waals surface area contributed by atoms with Gasteiger partial charge in [0.15, 0.2) is 0 Å². The highest BCUT2D eigenvalue weighted by Crippen LogP contribution is 2.36. The van der Waals surface area contributed by atoms with Crippen LogP contribution < -0.4 is 19.9 Å². The minimum absolute atomic E-state index is 0.198. The molecule has 3 aromatic rings. The van der Waals surface area contributed by atoms with Gasteiger partial charge in [0, 0.05) is 70.0 Å². The maximum absolute atomic E-state index is 12.1. The topological polar surface area (TPSA) is 96.0 Å². The fourth-order valence-electron chi connectivity index (χ4n) is 5.01. The van der Waals surface area contributed by atoms with Crippen molar-refractivity contribution in [1.82, 2.24) is 19.9 Å². The fourth-order valence-corrected chi connectivity index (χ4v) is 5.01. The van der Waals surface area contributed by atoms with E-state index < -0.39 is 0 Å². The molecule has 210 valence electrons. The first kappa shape index (κ1) is 27.5. The van der Waals surface area contributed by atoms with E-state index in [0.717, 1.165) is 62.6 Å². The van der Waals surface area contributed by atoms with Gasteiger partial charge in [-0.1, -0.05) is 19.6 Å². The van der Waals surface area contributed by atoms with Crippen LogP contribution in [0.2, 0.25) is 0 Å². The van der Waals surface area contributed by atoms with Crippen molar-refractivity contribution in [1.29, 1.82) is 0 Å². The van der Waals surface area contributed by atoms with Crippen molar-refractivity contribution in [3.8, 4) is 11.6 Å². The maximum atomic E-state index is 12.1. The number of piperazine rings is 1. The number of hydrogen-bond acceptors (Lipinski definition) is 9. The van der Waals surface area contributed by atoms with Crippen molar-refractivity contribution >= 4 is 29.0 Å². The Morgan fingerprint density at radius 1 is 1.15 bits per heavy atom. The summed E-state index contributed by atoms with van der Waals surface area (Å²) in [5.41, 5.74) is 2.44. The fraction of sp³-hybridized carbons (Fsp3) is 0.400. The zero-order valence-electron chi connectivity index (χ0n) is 23.3. The molecule has 2 aliphatic rings. The van der Waals surface area contributed by atoms with Gasteiger partial charge in [0.25, 0.3) is 0 Å². The van der Waals surface area contributed by atoms with Crippen molar-refractivity contribution < 1.29 is 14.3 Å². The number of ether oxygens (including phenoxy) is 2. The van der Waals surface area contributed by atoms with Crippen molar-refractivity contribution in [2.24, 2.45) is 0 Å². The van der Waals surface area contributed by atoms with Gasteiger partial charge in [-0.2, -0.15) is 4.98 Å². The molecule has 2 fully saturated rings. The minimum atomic E-state index is -0.198. The number of benzene rings is 1. The highest BCUT2D eigenvalue weighted by molar-refractivity contribution is 6.00. The lowest BCUT2D eigenvalue weighted by molar-refractivity contribution is -0.113. The largest absolute Gasteiger partial charge is 0.438 e. The number of hydrogen-bond donors (Lipinski definition) is 1. The smallest absolute Gasteiger partial charge is 0.250 e. The third-order valence-corrected chi connectivity index (χ3v) is 7.51. The third kappa shape index (κ3) is 6.57. The third-order valence-electron chi connectivity index (χ3n) is 7.51. The predicted octanol–water partition coefficient (Wildman–Crippen LogP) is 4.59.